The first-order valence-electron chi connectivity index (χ1n) is 10.1. The van der Waals surface area contributed by atoms with Gasteiger partial charge < -0.3 is 10.6 Å². The number of nitrogens with one attached hydrogen (secondary N) is 3. The summed E-state index contributed by atoms with van der Waals surface area (Å²) in [6.45, 7) is 7.55. The molecule has 3 rings (SSSR count). The number of nitrogens with zero attached hydrogens (tertiary/aromatic N) is 2. The molecule has 2 aromatic carbocycles. The van der Waals surface area contributed by atoms with Crippen molar-refractivity contribution in [3.8, 4) is 11.3 Å². The Morgan fingerprint density at radius 3 is 2.25 bits per heavy atom. The number of carbonyl (C=O) groups excluding carboxylic acids is 2. The molecule has 0 aliphatic rings. The minimum absolute atomic E-state index is 0.0690. The van der Waals surface area contributed by atoms with E-state index >= 15 is 0 Å². The maximum absolute atomic E-state index is 12.7. The molecule has 9 heteroatoms. The van der Waals surface area contributed by atoms with Gasteiger partial charge in [0.05, 0.1) is 11.4 Å². The Balaban J connectivity index is 1.73. The number of thioether (sulfide) groups is 1. The molecule has 0 atom stereocenters. The number of aromatic amines is 1. The number of amides is 2. The summed E-state index contributed by atoms with van der Waals surface area (Å²) < 4.78 is 0. The fourth-order valence-corrected chi connectivity index (χ4v) is 3.64. The van der Waals surface area contributed by atoms with Crippen molar-refractivity contribution in [1.29, 1.82) is 0 Å². The molecule has 0 aliphatic carbocycles. The molecular formula is C23H25N5O3S. The van der Waals surface area contributed by atoms with E-state index in [0.29, 0.717) is 17.7 Å². The smallest absolute Gasteiger partial charge is 0.278 e. The van der Waals surface area contributed by atoms with Crippen molar-refractivity contribution < 1.29 is 9.59 Å². The first kappa shape index (κ1) is 23.2. The van der Waals surface area contributed by atoms with Crippen LogP contribution in [-0.2, 0) is 9.59 Å². The summed E-state index contributed by atoms with van der Waals surface area (Å²) in [4.78, 5) is 39.5. The highest BCUT2D eigenvalue weighted by Crippen LogP contribution is 2.26. The number of carbonyl (C=O) groups is 2. The highest BCUT2D eigenvalue weighted by atomic mass is 32.2. The highest BCUT2D eigenvalue weighted by Gasteiger charge is 2.15. The molecule has 0 saturated heterocycles. The summed E-state index contributed by atoms with van der Waals surface area (Å²) in [6, 6.07) is 11.1. The summed E-state index contributed by atoms with van der Waals surface area (Å²) in [5, 5.41) is 14.0. The Hall–Kier alpha value is -3.46. The second kappa shape index (κ2) is 10.2. The summed E-state index contributed by atoms with van der Waals surface area (Å²) in [6.07, 6.45) is 0.315. The molecule has 2 amide bonds. The number of anilines is 2. The van der Waals surface area contributed by atoms with Crippen molar-refractivity contribution in [2.45, 2.75) is 39.3 Å². The van der Waals surface area contributed by atoms with Crippen molar-refractivity contribution in [1.82, 2.24) is 15.2 Å². The van der Waals surface area contributed by atoms with Gasteiger partial charge in [-0.1, -0.05) is 48.0 Å². The van der Waals surface area contributed by atoms with E-state index in [9.17, 15) is 14.4 Å². The van der Waals surface area contributed by atoms with Gasteiger partial charge in [-0.05, 0) is 44.5 Å². The monoisotopic (exact) mass is 451 g/mol. The third-order valence-electron chi connectivity index (χ3n) is 4.70. The molecule has 0 radical (unpaired) electrons. The zero-order chi connectivity index (χ0) is 23.3. The molecule has 8 nitrogen and oxygen atoms in total. The number of rotatable bonds is 7. The molecule has 3 aromatic rings. The SMILES string of the molecule is CCC(=O)Nc1ccc(C)cc1-c1nnc(SCC(=O)Nc2ccc(C)cc2C)[nH]c1=O. The third-order valence-corrected chi connectivity index (χ3v) is 5.56. The fraction of sp³-hybridized carbons (Fsp3) is 0.261. The van der Waals surface area contributed by atoms with E-state index in [1.165, 1.54) is 0 Å². The number of benzene rings is 2. The zero-order valence-corrected chi connectivity index (χ0v) is 19.2. The first-order valence-corrected chi connectivity index (χ1v) is 11.1. The molecule has 32 heavy (non-hydrogen) atoms. The molecule has 0 fully saturated rings. The van der Waals surface area contributed by atoms with Crippen molar-refractivity contribution in [3.63, 3.8) is 0 Å². The maximum atomic E-state index is 12.7. The van der Waals surface area contributed by atoms with Crippen LogP contribution in [0.3, 0.4) is 0 Å². The Morgan fingerprint density at radius 2 is 1.59 bits per heavy atom. The minimum Gasteiger partial charge on any atom is -0.325 e. The molecule has 166 valence electrons. The quantitative estimate of drug-likeness (QED) is 0.470. The molecule has 0 spiro atoms. The van der Waals surface area contributed by atoms with Crippen LogP contribution < -0.4 is 16.2 Å². The normalized spacial score (nSPS) is 10.6. The Bertz CT molecular complexity index is 1220. The molecule has 0 bridgehead atoms. The van der Waals surface area contributed by atoms with Crippen LogP contribution in [0.4, 0.5) is 11.4 Å². The van der Waals surface area contributed by atoms with Gasteiger partial charge >= 0.3 is 0 Å². The number of H-pyrrole nitrogens is 1. The van der Waals surface area contributed by atoms with E-state index < -0.39 is 5.56 Å². The summed E-state index contributed by atoms with van der Waals surface area (Å²) in [5.74, 6) is -0.307. The van der Waals surface area contributed by atoms with Crippen LogP contribution >= 0.6 is 11.8 Å². The Labute approximate surface area is 190 Å². The van der Waals surface area contributed by atoms with Crippen LogP contribution in [0.25, 0.3) is 11.3 Å². The predicted molar refractivity (Wildman–Crippen MR) is 127 cm³/mol. The number of hydrogen-bond donors (Lipinski definition) is 3. The molecule has 0 saturated carbocycles. The number of hydrogen-bond acceptors (Lipinski definition) is 6. The Morgan fingerprint density at radius 1 is 0.938 bits per heavy atom. The van der Waals surface area contributed by atoms with E-state index in [2.05, 4.69) is 25.8 Å². The predicted octanol–water partition coefficient (Wildman–Crippen LogP) is 3.84. The van der Waals surface area contributed by atoms with Gasteiger partial charge in [0.25, 0.3) is 5.56 Å². The second-order valence-electron chi connectivity index (χ2n) is 7.41. The molecule has 1 aromatic heterocycles. The minimum atomic E-state index is -0.449. The van der Waals surface area contributed by atoms with E-state index in [-0.39, 0.29) is 28.4 Å². The molecule has 0 aliphatic heterocycles. The van der Waals surface area contributed by atoms with Crippen molar-refractivity contribution in [2.24, 2.45) is 0 Å². The molecule has 0 unspecified atom stereocenters. The number of aryl methyl sites for hydroxylation is 3. The average molecular weight is 452 g/mol. The topological polar surface area (TPSA) is 117 Å². The number of aromatic nitrogens is 3. The lowest BCUT2D eigenvalue weighted by atomic mass is 10.1. The van der Waals surface area contributed by atoms with Crippen LogP contribution in [0.2, 0.25) is 0 Å². The van der Waals surface area contributed by atoms with Crippen LogP contribution in [0.1, 0.15) is 30.0 Å². The summed E-state index contributed by atoms with van der Waals surface area (Å²) in [5.41, 5.74) is 4.40. The summed E-state index contributed by atoms with van der Waals surface area (Å²) >= 11 is 1.09. The van der Waals surface area contributed by atoms with Gasteiger partial charge in [-0.15, -0.1) is 10.2 Å². The lowest BCUT2D eigenvalue weighted by molar-refractivity contribution is -0.116. The highest BCUT2D eigenvalue weighted by molar-refractivity contribution is 7.99. The van der Waals surface area contributed by atoms with Crippen molar-refractivity contribution >= 4 is 35.0 Å². The Kier molecular flexibility index (Phi) is 7.42. The molecular weight excluding hydrogens is 426 g/mol. The van der Waals surface area contributed by atoms with Gasteiger partial charge in [0, 0.05) is 17.7 Å². The van der Waals surface area contributed by atoms with Crippen LogP contribution in [0, 0.1) is 20.8 Å². The average Bonchev–Trinajstić information content (AvgIpc) is 2.75. The van der Waals surface area contributed by atoms with E-state index in [4.69, 9.17) is 0 Å². The van der Waals surface area contributed by atoms with Crippen LogP contribution in [0.15, 0.2) is 46.3 Å². The fourth-order valence-electron chi connectivity index (χ4n) is 3.04. The maximum Gasteiger partial charge on any atom is 0.278 e. The standard InChI is InChI=1S/C23H25N5O3S/c1-5-19(29)25-18-9-7-14(3)11-16(18)21-22(31)26-23(28-27-21)32-12-20(30)24-17-8-6-13(2)10-15(17)4/h6-11H,5,12H2,1-4H3,(H,24,30)(H,25,29)(H,26,28,31). The first-order chi connectivity index (χ1) is 15.3. The largest absolute Gasteiger partial charge is 0.325 e. The van der Waals surface area contributed by atoms with Gasteiger partial charge in [-0.25, -0.2) is 0 Å². The van der Waals surface area contributed by atoms with Gasteiger partial charge in [0.15, 0.2) is 10.9 Å². The van der Waals surface area contributed by atoms with Gasteiger partial charge in [-0.3, -0.25) is 19.4 Å². The second-order valence-corrected chi connectivity index (χ2v) is 8.38. The lowest BCUT2D eigenvalue weighted by Gasteiger charge is -2.11. The van der Waals surface area contributed by atoms with Crippen molar-refractivity contribution in [2.75, 3.05) is 16.4 Å². The van der Waals surface area contributed by atoms with Gasteiger partial charge in [0.1, 0.15) is 0 Å². The lowest BCUT2D eigenvalue weighted by Crippen LogP contribution is -2.18. The summed E-state index contributed by atoms with van der Waals surface area (Å²) in [7, 11) is 0. The van der Waals surface area contributed by atoms with Gasteiger partial charge in [0.2, 0.25) is 11.8 Å². The van der Waals surface area contributed by atoms with E-state index in [1.54, 1.807) is 19.1 Å². The van der Waals surface area contributed by atoms with E-state index in [1.807, 2.05) is 45.0 Å². The van der Waals surface area contributed by atoms with Crippen LogP contribution in [0.5, 0.6) is 0 Å². The molecule has 1 heterocycles. The third kappa shape index (κ3) is 5.82. The molecule has 3 N–H and O–H groups in total. The van der Waals surface area contributed by atoms with Gasteiger partial charge in [-0.2, -0.15) is 0 Å². The van der Waals surface area contributed by atoms with Crippen LogP contribution in [-0.4, -0.2) is 32.7 Å². The van der Waals surface area contributed by atoms with E-state index in [0.717, 1.165) is 34.1 Å². The van der Waals surface area contributed by atoms with Crippen molar-refractivity contribution in [3.05, 3.63) is 63.4 Å². The zero-order valence-electron chi connectivity index (χ0n) is 18.4.